The van der Waals surface area contributed by atoms with Gasteiger partial charge in [-0.25, -0.2) is 0 Å². The highest BCUT2D eigenvalue weighted by Crippen LogP contribution is 2.31. The van der Waals surface area contributed by atoms with E-state index >= 15 is 0 Å². The number of carboxylic acids is 1. The van der Waals surface area contributed by atoms with Gasteiger partial charge in [-0.3, -0.25) is 4.79 Å². The minimum absolute atomic E-state index is 0.00770. The molecule has 1 aromatic carbocycles. The number of phenols is 2. The predicted molar refractivity (Wildman–Crippen MR) is 58.3 cm³/mol. The summed E-state index contributed by atoms with van der Waals surface area (Å²) in [6, 6.07) is 2.23. The Morgan fingerprint density at radius 3 is 2.56 bits per heavy atom. The van der Waals surface area contributed by atoms with E-state index in [4.69, 9.17) is 10.8 Å². The lowest BCUT2D eigenvalue weighted by Crippen LogP contribution is -2.12. The van der Waals surface area contributed by atoms with Crippen LogP contribution in [0.25, 0.3) is 0 Å². The molecule has 0 aliphatic heterocycles. The van der Waals surface area contributed by atoms with E-state index in [1.165, 1.54) is 6.07 Å². The SMILES string of the molecule is Cc1cc(C(N)CCC(=O)O)c(O)cc1O. The minimum atomic E-state index is -0.926. The molecule has 1 atom stereocenters. The highest BCUT2D eigenvalue weighted by molar-refractivity contribution is 5.66. The van der Waals surface area contributed by atoms with E-state index in [0.29, 0.717) is 11.1 Å². The average molecular weight is 225 g/mol. The van der Waals surface area contributed by atoms with Crippen LogP contribution < -0.4 is 5.73 Å². The molecular formula is C11H15NO4. The van der Waals surface area contributed by atoms with E-state index in [9.17, 15) is 15.0 Å². The van der Waals surface area contributed by atoms with Gasteiger partial charge in [-0.05, 0) is 25.0 Å². The van der Waals surface area contributed by atoms with Gasteiger partial charge >= 0.3 is 5.97 Å². The molecule has 1 rings (SSSR count). The molecule has 5 N–H and O–H groups in total. The van der Waals surface area contributed by atoms with Gasteiger partial charge in [0, 0.05) is 24.1 Å². The number of phenolic OH excluding ortho intramolecular Hbond substituents is 2. The molecule has 0 spiro atoms. The largest absolute Gasteiger partial charge is 0.508 e. The van der Waals surface area contributed by atoms with Crippen molar-refractivity contribution in [3.05, 3.63) is 23.3 Å². The topological polar surface area (TPSA) is 104 Å². The van der Waals surface area contributed by atoms with Crippen LogP contribution in [0.2, 0.25) is 0 Å². The number of hydrogen-bond donors (Lipinski definition) is 4. The van der Waals surface area contributed by atoms with Crippen molar-refractivity contribution in [1.82, 2.24) is 0 Å². The Morgan fingerprint density at radius 2 is 2.00 bits per heavy atom. The first-order chi connectivity index (χ1) is 7.41. The Morgan fingerprint density at radius 1 is 1.38 bits per heavy atom. The normalized spacial score (nSPS) is 12.4. The van der Waals surface area contributed by atoms with Crippen molar-refractivity contribution in [3.63, 3.8) is 0 Å². The molecule has 1 unspecified atom stereocenters. The molecule has 0 bridgehead atoms. The molecule has 5 nitrogen and oxygen atoms in total. The smallest absolute Gasteiger partial charge is 0.303 e. The lowest BCUT2D eigenvalue weighted by Gasteiger charge is -2.14. The second kappa shape index (κ2) is 4.85. The zero-order chi connectivity index (χ0) is 12.3. The molecule has 0 amide bonds. The number of rotatable bonds is 4. The molecule has 1 aromatic rings. The Hall–Kier alpha value is -1.75. The van der Waals surface area contributed by atoms with Crippen LogP contribution in [0.1, 0.15) is 30.0 Å². The third-order valence-electron chi connectivity index (χ3n) is 2.41. The third-order valence-corrected chi connectivity index (χ3v) is 2.41. The molecule has 5 heteroatoms. The number of carbonyl (C=O) groups is 1. The van der Waals surface area contributed by atoms with Crippen LogP contribution in [0.5, 0.6) is 11.5 Å². The maximum Gasteiger partial charge on any atom is 0.303 e. The fraction of sp³-hybridized carbons (Fsp3) is 0.364. The summed E-state index contributed by atoms with van der Waals surface area (Å²) in [5.74, 6) is -1.04. The van der Waals surface area contributed by atoms with Gasteiger partial charge in [-0.2, -0.15) is 0 Å². The van der Waals surface area contributed by atoms with Crippen LogP contribution in [-0.2, 0) is 4.79 Å². The van der Waals surface area contributed by atoms with Crippen LogP contribution in [0.15, 0.2) is 12.1 Å². The zero-order valence-corrected chi connectivity index (χ0v) is 8.97. The Bertz CT molecular complexity index is 403. The van der Waals surface area contributed by atoms with Gasteiger partial charge in [0.1, 0.15) is 11.5 Å². The number of aromatic hydroxyl groups is 2. The second-order valence-electron chi connectivity index (χ2n) is 3.74. The Kier molecular flexibility index (Phi) is 3.73. The molecular weight excluding hydrogens is 210 g/mol. The predicted octanol–water partition coefficient (Wildman–Crippen LogP) is 1.27. The van der Waals surface area contributed by atoms with Gasteiger partial charge in [-0.15, -0.1) is 0 Å². The molecule has 0 heterocycles. The van der Waals surface area contributed by atoms with E-state index in [0.717, 1.165) is 0 Å². The fourth-order valence-corrected chi connectivity index (χ4v) is 1.44. The molecule has 16 heavy (non-hydrogen) atoms. The summed E-state index contributed by atoms with van der Waals surface area (Å²) in [6.45, 7) is 1.68. The van der Waals surface area contributed by atoms with E-state index in [1.54, 1.807) is 13.0 Å². The summed E-state index contributed by atoms with van der Waals surface area (Å²) < 4.78 is 0. The quantitative estimate of drug-likeness (QED) is 0.617. The van der Waals surface area contributed by atoms with Crippen molar-refractivity contribution in [1.29, 1.82) is 0 Å². The monoisotopic (exact) mass is 225 g/mol. The first-order valence-electron chi connectivity index (χ1n) is 4.91. The standard InChI is InChI=1S/C11H15NO4/c1-6-4-7(10(14)5-9(6)13)8(12)2-3-11(15)16/h4-5,8,13-14H,2-3,12H2,1H3,(H,15,16). The summed E-state index contributed by atoms with van der Waals surface area (Å²) in [4.78, 5) is 10.4. The zero-order valence-electron chi connectivity index (χ0n) is 8.97. The number of aryl methyl sites for hydroxylation is 1. The van der Waals surface area contributed by atoms with E-state index in [-0.39, 0.29) is 24.3 Å². The summed E-state index contributed by atoms with van der Waals surface area (Å²) in [6.07, 6.45) is 0.188. The Balaban J connectivity index is 2.86. The molecule has 88 valence electrons. The average Bonchev–Trinajstić information content (AvgIpc) is 2.20. The van der Waals surface area contributed by atoms with Crippen molar-refractivity contribution in [3.8, 4) is 11.5 Å². The lowest BCUT2D eigenvalue weighted by molar-refractivity contribution is -0.137. The van der Waals surface area contributed by atoms with Crippen molar-refractivity contribution >= 4 is 5.97 Å². The maximum absolute atomic E-state index is 10.4. The number of aliphatic carboxylic acids is 1. The van der Waals surface area contributed by atoms with Gasteiger partial charge in [0.05, 0.1) is 0 Å². The van der Waals surface area contributed by atoms with E-state index < -0.39 is 12.0 Å². The van der Waals surface area contributed by atoms with E-state index in [1.807, 2.05) is 0 Å². The number of nitrogens with two attached hydrogens (primary N) is 1. The number of carboxylic acid groups (broad SMARTS) is 1. The number of benzene rings is 1. The van der Waals surface area contributed by atoms with Crippen molar-refractivity contribution in [2.75, 3.05) is 0 Å². The number of hydrogen-bond acceptors (Lipinski definition) is 4. The summed E-state index contributed by atoms with van der Waals surface area (Å²) in [5.41, 5.74) is 6.81. The van der Waals surface area contributed by atoms with Crippen molar-refractivity contribution in [2.45, 2.75) is 25.8 Å². The first-order valence-corrected chi connectivity index (χ1v) is 4.91. The minimum Gasteiger partial charge on any atom is -0.508 e. The summed E-state index contributed by atoms with van der Waals surface area (Å²) >= 11 is 0. The fourth-order valence-electron chi connectivity index (χ4n) is 1.44. The Labute approximate surface area is 93.1 Å². The maximum atomic E-state index is 10.4. The summed E-state index contributed by atoms with van der Waals surface area (Å²) in [7, 11) is 0. The molecule has 0 saturated heterocycles. The molecule has 0 aliphatic rings. The van der Waals surface area contributed by atoms with Gasteiger partial charge < -0.3 is 21.1 Å². The van der Waals surface area contributed by atoms with Gasteiger partial charge in [0.15, 0.2) is 0 Å². The highest BCUT2D eigenvalue weighted by atomic mass is 16.4. The van der Waals surface area contributed by atoms with Crippen molar-refractivity contribution in [2.24, 2.45) is 5.73 Å². The van der Waals surface area contributed by atoms with Gasteiger partial charge in [0.25, 0.3) is 0 Å². The van der Waals surface area contributed by atoms with Gasteiger partial charge in [-0.1, -0.05) is 0 Å². The van der Waals surface area contributed by atoms with Crippen LogP contribution in [0, 0.1) is 6.92 Å². The lowest BCUT2D eigenvalue weighted by atomic mass is 9.99. The first kappa shape index (κ1) is 12.3. The molecule has 0 aromatic heterocycles. The molecule has 0 fully saturated rings. The molecule has 0 saturated carbocycles. The summed E-state index contributed by atoms with van der Waals surface area (Å²) in [5, 5.41) is 27.4. The van der Waals surface area contributed by atoms with E-state index in [2.05, 4.69) is 0 Å². The van der Waals surface area contributed by atoms with Crippen LogP contribution in [0.3, 0.4) is 0 Å². The highest BCUT2D eigenvalue weighted by Gasteiger charge is 2.14. The second-order valence-corrected chi connectivity index (χ2v) is 3.74. The molecule has 0 aliphatic carbocycles. The van der Waals surface area contributed by atoms with Gasteiger partial charge in [0.2, 0.25) is 0 Å². The molecule has 0 radical (unpaired) electrons. The van der Waals surface area contributed by atoms with Crippen molar-refractivity contribution < 1.29 is 20.1 Å². The van der Waals surface area contributed by atoms with Crippen LogP contribution >= 0.6 is 0 Å². The van der Waals surface area contributed by atoms with Crippen LogP contribution in [0.4, 0.5) is 0 Å². The van der Waals surface area contributed by atoms with Crippen LogP contribution in [-0.4, -0.2) is 21.3 Å². The third kappa shape index (κ3) is 2.87.